The molecule has 23 heavy (non-hydrogen) atoms. The lowest BCUT2D eigenvalue weighted by atomic mass is 10.2. The second-order valence-electron chi connectivity index (χ2n) is 5.05. The molecule has 0 aliphatic rings. The number of rotatable bonds is 4. The predicted molar refractivity (Wildman–Crippen MR) is 96.6 cm³/mol. The van der Waals surface area contributed by atoms with E-state index in [0.717, 1.165) is 32.1 Å². The molecule has 3 rings (SSSR count). The molecule has 116 valence electrons. The number of benzene rings is 1. The standard InChI is InChI=1S/C17H14BrN3OS/c1-11-5-6-12(8-14(11)18)20-16(22)9-13-10-23-17(21-13)15-4-2-3-7-19-15/h2-8,10H,9H2,1H3,(H,20,22). The maximum absolute atomic E-state index is 12.1. The molecule has 0 spiro atoms. The zero-order chi connectivity index (χ0) is 16.2. The first-order valence-corrected chi connectivity index (χ1v) is 8.71. The van der Waals surface area contributed by atoms with Crippen LogP contribution < -0.4 is 5.32 Å². The van der Waals surface area contributed by atoms with Crippen molar-refractivity contribution >= 4 is 38.9 Å². The van der Waals surface area contributed by atoms with E-state index in [1.165, 1.54) is 11.3 Å². The molecule has 1 aromatic carbocycles. The van der Waals surface area contributed by atoms with Crippen molar-refractivity contribution in [3.8, 4) is 10.7 Å². The first kappa shape index (κ1) is 15.8. The maximum Gasteiger partial charge on any atom is 0.230 e. The Morgan fingerprint density at radius 2 is 2.17 bits per heavy atom. The van der Waals surface area contributed by atoms with Gasteiger partial charge in [-0.2, -0.15) is 0 Å². The number of carbonyl (C=O) groups excluding carboxylic acids is 1. The predicted octanol–water partition coefficient (Wildman–Crippen LogP) is 4.46. The molecule has 0 atom stereocenters. The average Bonchev–Trinajstić information content (AvgIpc) is 3.00. The van der Waals surface area contributed by atoms with E-state index in [9.17, 15) is 4.79 Å². The Hall–Kier alpha value is -2.05. The Bertz CT molecular complexity index is 833. The van der Waals surface area contributed by atoms with E-state index in [4.69, 9.17) is 0 Å². The van der Waals surface area contributed by atoms with E-state index in [1.807, 2.05) is 48.7 Å². The highest BCUT2D eigenvalue weighted by Gasteiger charge is 2.10. The van der Waals surface area contributed by atoms with Gasteiger partial charge in [0.1, 0.15) is 5.01 Å². The summed E-state index contributed by atoms with van der Waals surface area (Å²) in [5.41, 5.74) is 3.47. The summed E-state index contributed by atoms with van der Waals surface area (Å²) in [6.45, 7) is 2.00. The van der Waals surface area contributed by atoms with Crippen molar-refractivity contribution in [3.63, 3.8) is 0 Å². The van der Waals surface area contributed by atoms with Crippen LogP contribution in [0, 0.1) is 6.92 Å². The van der Waals surface area contributed by atoms with Gasteiger partial charge in [-0.05, 0) is 36.8 Å². The fraction of sp³-hybridized carbons (Fsp3) is 0.118. The van der Waals surface area contributed by atoms with Gasteiger partial charge in [-0.3, -0.25) is 9.78 Å². The Morgan fingerprint density at radius 1 is 1.30 bits per heavy atom. The van der Waals surface area contributed by atoms with Crippen LogP contribution in [0.25, 0.3) is 10.7 Å². The van der Waals surface area contributed by atoms with Gasteiger partial charge < -0.3 is 5.32 Å². The molecule has 3 aromatic rings. The minimum Gasteiger partial charge on any atom is -0.326 e. The van der Waals surface area contributed by atoms with Crippen molar-refractivity contribution < 1.29 is 4.79 Å². The highest BCUT2D eigenvalue weighted by atomic mass is 79.9. The van der Waals surface area contributed by atoms with Crippen LogP contribution >= 0.6 is 27.3 Å². The summed E-state index contributed by atoms with van der Waals surface area (Å²) in [6.07, 6.45) is 1.98. The number of hydrogen-bond acceptors (Lipinski definition) is 4. The van der Waals surface area contributed by atoms with Gasteiger partial charge in [-0.1, -0.05) is 28.1 Å². The lowest BCUT2D eigenvalue weighted by Crippen LogP contribution is -2.14. The molecule has 0 aliphatic carbocycles. The second kappa shape index (κ2) is 7.02. The van der Waals surface area contributed by atoms with Crippen molar-refractivity contribution in [1.82, 2.24) is 9.97 Å². The highest BCUT2D eigenvalue weighted by molar-refractivity contribution is 9.10. The van der Waals surface area contributed by atoms with Gasteiger partial charge in [0.25, 0.3) is 0 Å². The van der Waals surface area contributed by atoms with E-state index in [-0.39, 0.29) is 12.3 Å². The molecular formula is C17H14BrN3OS. The molecule has 1 amide bonds. The molecule has 0 unspecified atom stereocenters. The molecule has 4 nitrogen and oxygen atoms in total. The van der Waals surface area contributed by atoms with Crippen molar-refractivity contribution in [1.29, 1.82) is 0 Å². The molecule has 0 radical (unpaired) electrons. The molecule has 0 aliphatic heterocycles. The van der Waals surface area contributed by atoms with Crippen LogP contribution in [0.5, 0.6) is 0 Å². The smallest absolute Gasteiger partial charge is 0.230 e. The van der Waals surface area contributed by atoms with Gasteiger partial charge in [0.2, 0.25) is 5.91 Å². The highest BCUT2D eigenvalue weighted by Crippen LogP contribution is 2.23. The number of carbonyl (C=O) groups is 1. The summed E-state index contributed by atoms with van der Waals surface area (Å²) in [6, 6.07) is 11.4. The fourth-order valence-corrected chi connectivity index (χ4v) is 3.21. The first-order valence-electron chi connectivity index (χ1n) is 7.03. The molecule has 6 heteroatoms. The maximum atomic E-state index is 12.1. The van der Waals surface area contributed by atoms with Gasteiger partial charge in [-0.15, -0.1) is 11.3 Å². The topological polar surface area (TPSA) is 54.9 Å². The minimum absolute atomic E-state index is 0.0846. The first-order chi connectivity index (χ1) is 11.1. The third kappa shape index (κ3) is 4.03. The van der Waals surface area contributed by atoms with Crippen molar-refractivity contribution in [2.24, 2.45) is 0 Å². The Morgan fingerprint density at radius 3 is 2.91 bits per heavy atom. The summed E-state index contributed by atoms with van der Waals surface area (Å²) in [7, 11) is 0. The largest absolute Gasteiger partial charge is 0.326 e. The number of halogens is 1. The summed E-state index contributed by atoms with van der Waals surface area (Å²) >= 11 is 4.96. The quantitative estimate of drug-likeness (QED) is 0.718. The number of nitrogens with one attached hydrogen (secondary N) is 1. The number of amides is 1. The van der Waals surface area contributed by atoms with Gasteiger partial charge in [0.15, 0.2) is 0 Å². The van der Waals surface area contributed by atoms with Crippen molar-refractivity contribution in [2.45, 2.75) is 13.3 Å². The van der Waals surface area contributed by atoms with Gasteiger partial charge in [0.05, 0.1) is 17.8 Å². The van der Waals surface area contributed by atoms with Crippen LogP contribution in [-0.4, -0.2) is 15.9 Å². The van der Waals surface area contributed by atoms with Crippen LogP contribution in [-0.2, 0) is 11.2 Å². The van der Waals surface area contributed by atoms with E-state index < -0.39 is 0 Å². The van der Waals surface area contributed by atoms with Gasteiger partial charge in [-0.25, -0.2) is 4.98 Å². The van der Waals surface area contributed by atoms with Crippen LogP contribution in [0.4, 0.5) is 5.69 Å². The van der Waals surface area contributed by atoms with Gasteiger partial charge in [0, 0.05) is 21.7 Å². The third-order valence-electron chi connectivity index (χ3n) is 3.23. The molecule has 1 N–H and O–H groups in total. The van der Waals surface area contributed by atoms with Crippen LogP contribution in [0.3, 0.4) is 0 Å². The molecule has 0 bridgehead atoms. The molecule has 0 saturated heterocycles. The summed E-state index contributed by atoms with van der Waals surface area (Å²) < 4.78 is 0.974. The molecule has 2 heterocycles. The summed E-state index contributed by atoms with van der Waals surface area (Å²) in [5, 5.41) is 5.61. The van der Waals surface area contributed by atoms with E-state index in [1.54, 1.807) is 6.20 Å². The van der Waals surface area contributed by atoms with Crippen LogP contribution in [0.2, 0.25) is 0 Å². The molecular weight excluding hydrogens is 374 g/mol. The Kier molecular flexibility index (Phi) is 4.83. The zero-order valence-electron chi connectivity index (χ0n) is 12.4. The van der Waals surface area contributed by atoms with E-state index in [2.05, 4.69) is 31.2 Å². The number of thiazole rings is 1. The van der Waals surface area contributed by atoms with Crippen LogP contribution in [0.15, 0.2) is 52.4 Å². The lowest BCUT2D eigenvalue weighted by Gasteiger charge is -2.06. The minimum atomic E-state index is -0.0846. The zero-order valence-corrected chi connectivity index (χ0v) is 14.8. The monoisotopic (exact) mass is 387 g/mol. The number of nitrogens with zero attached hydrogens (tertiary/aromatic N) is 2. The number of hydrogen-bond donors (Lipinski definition) is 1. The molecule has 0 saturated carbocycles. The van der Waals surface area contributed by atoms with Crippen molar-refractivity contribution in [2.75, 3.05) is 5.32 Å². The van der Waals surface area contributed by atoms with E-state index >= 15 is 0 Å². The van der Waals surface area contributed by atoms with Crippen LogP contribution in [0.1, 0.15) is 11.3 Å². The number of aryl methyl sites for hydroxylation is 1. The number of pyridine rings is 1. The fourth-order valence-electron chi connectivity index (χ4n) is 2.04. The number of aromatic nitrogens is 2. The summed E-state index contributed by atoms with van der Waals surface area (Å²) in [5.74, 6) is -0.0846. The lowest BCUT2D eigenvalue weighted by molar-refractivity contribution is -0.115. The second-order valence-corrected chi connectivity index (χ2v) is 6.76. The average molecular weight is 388 g/mol. The Labute approximate surface area is 146 Å². The number of anilines is 1. The molecule has 2 aromatic heterocycles. The Balaban J connectivity index is 1.66. The van der Waals surface area contributed by atoms with Crippen molar-refractivity contribution in [3.05, 3.63) is 63.7 Å². The molecule has 0 fully saturated rings. The summed E-state index contributed by atoms with van der Waals surface area (Å²) in [4.78, 5) is 20.9. The van der Waals surface area contributed by atoms with E-state index in [0.29, 0.717) is 0 Å². The van der Waals surface area contributed by atoms with Gasteiger partial charge >= 0.3 is 0 Å². The SMILES string of the molecule is Cc1ccc(NC(=O)Cc2csc(-c3ccccn3)n2)cc1Br. The third-order valence-corrected chi connectivity index (χ3v) is 5.00. The normalized spacial score (nSPS) is 10.5.